The van der Waals surface area contributed by atoms with Gasteiger partial charge < -0.3 is 5.11 Å². The Kier molecular flexibility index (Phi) is 16.1. The smallest absolute Gasteiger partial charge is 0.566 e. The van der Waals surface area contributed by atoms with Gasteiger partial charge in [0.05, 0.1) is 0 Å². The first-order valence-corrected chi connectivity index (χ1v) is 1.37. The van der Waals surface area contributed by atoms with Crippen LogP contribution >= 0.6 is 0 Å². The number of aliphatic hydroxyl groups is 1. The van der Waals surface area contributed by atoms with Crippen LogP contribution in [-0.4, -0.2) is 5.11 Å². The molecule has 0 atom stereocenters. The molecule has 0 heterocycles. The van der Waals surface area contributed by atoms with E-state index in [4.69, 9.17) is 5.11 Å². The van der Waals surface area contributed by atoms with Gasteiger partial charge in [0, 0.05) is 0 Å². The van der Waals surface area contributed by atoms with Gasteiger partial charge in [-0.2, -0.15) is 6.42 Å². The van der Waals surface area contributed by atoms with Crippen LogP contribution in [0.15, 0.2) is 0 Å². The van der Waals surface area contributed by atoms with Crippen molar-refractivity contribution in [2.45, 2.75) is 13.3 Å². The van der Waals surface area contributed by atoms with Crippen molar-refractivity contribution in [3.63, 3.8) is 0 Å². The standard InChI is InChI=1S/C3H7O.Li/c1-2-3-4;/h3-4H,2H2,1H3;/q-1;+1. The second-order valence-corrected chi connectivity index (χ2v) is 0.591. The maximum Gasteiger partial charge on any atom is 1.00 e. The molecule has 2 heteroatoms. The fourth-order valence-corrected chi connectivity index (χ4v) is 0. The third kappa shape index (κ3) is 12.3. The van der Waals surface area contributed by atoms with Gasteiger partial charge in [-0.05, 0) is 0 Å². The summed E-state index contributed by atoms with van der Waals surface area (Å²) in [6.45, 7) is 3.00. The van der Waals surface area contributed by atoms with Gasteiger partial charge in [-0.3, -0.25) is 0 Å². The molecule has 0 aliphatic carbocycles. The SMILES string of the molecule is CC[CH-]O.[Li+]. The van der Waals surface area contributed by atoms with Gasteiger partial charge in [-0.25, -0.2) is 6.61 Å². The topological polar surface area (TPSA) is 20.2 Å². The van der Waals surface area contributed by atoms with Crippen molar-refractivity contribution in [2.75, 3.05) is 0 Å². The molecular weight excluding hydrogens is 59.0 g/mol. The van der Waals surface area contributed by atoms with E-state index in [1.165, 1.54) is 0 Å². The van der Waals surface area contributed by atoms with Crippen molar-refractivity contribution >= 4 is 0 Å². The first kappa shape index (κ1) is 9.12. The molecule has 1 nitrogen and oxygen atoms in total. The zero-order chi connectivity index (χ0) is 3.41. The van der Waals surface area contributed by atoms with Crippen LogP contribution in [0.2, 0.25) is 0 Å². The summed E-state index contributed by atoms with van der Waals surface area (Å²) >= 11 is 0. The van der Waals surface area contributed by atoms with Gasteiger partial charge in [-0.15, -0.1) is 0 Å². The molecule has 5 heavy (non-hydrogen) atoms. The van der Waals surface area contributed by atoms with Crippen LogP contribution < -0.4 is 18.9 Å². The Morgan fingerprint density at radius 2 is 2.00 bits per heavy atom. The molecule has 0 spiro atoms. The molecule has 0 rings (SSSR count). The average molecular weight is 66.0 g/mol. The van der Waals surface area contributed by atoms with E-state index in [0.717, 1.165) is 13.0 Å². The Morgan fingerprint density at radius 3 is 2.00 bits per heavy atom. The molecule has 0 aromatic carbocycles. The predicted molar refractivity (Wildman–Crippen MR) is 16.5 cm³/mol. The van der Waals surface area contributed by atoms with Gasteiger partial charge >= 0.3 is 18.9 Å². The summed E-state index contributed by atoms with van der Waals surface area (Å²) in [5, 5.41) is 7.75. The average Bonchev–Trinajstić information content (AvgIpc) is 1.37. The number of hydrogen-bond donors (Lipinski definition) is 1. The van der Waals surface area contributed by atoms with Crippen LogP contribution in [0, 0.1) is 6.61 Å². The molecule has 0 aliphatic rings. The largest absolute Gasteiger partial charge is 1.00 e. The summed E-state index contributed by atoms with van der Waals surface area (Å²) in [6.07, 6.45) is 0.750. The summed E-state index contributed by atoms with van der Waals surface area (Å²) in [7, 11) is 0. The zero-order valence-electron chi connectivity index (χ0n) is 3.73. The summed E-state index contributed by atoms with van der Waals surface area (Å²) < 4.78 is 0. The van der Waals surface area contributed by atoms with Crippen LogP contribution in [0.3, 0.4) is 0 Å². The second-order valence-electron chi connectivity index (χ2n) is 0.591. The first-order chi connectivity index (χ1) is 1.91. The van der Waals surface area contributed by atoms with Crippen LogP contribution in [0.25, 0.3) is 0 Å². The molecule has 26 valence electrons. The van der Waals surface area contributed by atoms with Crippen LogP contribution in [0.5, 0.6) is 0 Å². The fraction of sp³-hybridized carbons (Fsp3) is 0.667. The van der Waals surface area contributed by atoms with Crippen molar-refractivity contribution in [2.24, 2.45) is 0 Å². The fourth-order valence-electron chi connectivity index (χ4n) is 0. The van der Waals surface area contributed by atoms with Crippen LogP contribution in [-0.2, 0) is 0 Å². The normalized spacial score (nSPS) is 6.00. The molecule has 0 radical (unpaired) electrons. The predicted octanol–water partition coefficient (Wildman–Crippen LogP) is -2.07. The molecule has 0 aliphatic heterocycles. The zero-order valence-corrected chi connectivity index (χ0v) is 3.73. The molecule has 0 fully saturated rings. The number of aliphatic hydroxyl groups excluding tert-OH is 1. The summed E-state index contributed by atoms with van der Waals surface area (Å²) in [5.74, 6) is 0. The van der Waals surface area contributed by atoms with E-state index in [9.17, 15) is 0 Å². The summed E-state index contributed by atoms with van der Waals surface area (Å²) in [6, 6.07) is 0. The molecule has 1 N–H and O–H groups in total. The van der Waals surface area contributed by atoms with Gasteiger partial charge in [0.2, 0.25) is 0 Å². The Morgan fingerprint density at radius 1 is 1.80 bits per heavy atom. The number of hydrogen-bond acceptors (Lipinski definition) is 1. The van der Waals surface area contributed by atoms with Gasteiger partial charge in [0.25, 0.3) is 0 Å². The maximum absolute atomic E-state index is 7.75. The quantitative estimate of drug-likeness (QED) is 0.275. The first-order valence-electron chi connectivity index (χ1n) is 1.37. The van der Waals surface area contributed by atoms with Crippen LogP contribution in [0.4, 0.5) is 0 Å². The van der Waals surface area contributed by atoms with E-state index < -0.39 is 0 Å². The van der Waals surface area contributed by atoms with Crippen molar-refractivity contribution in [1.82, 2.24) is 0 Å². The third-order valence-corrected chi connectivity index (χ3v) is 0.183. The Labute approximate surface area is 44.6 Å². The Balaban J connectivity index is 0. The van der Waals surface area contributed by atoms with Crippen molar-refractivity contribution in [3.05, 3.63) is 6.61 Å². The van der Waals surface area contributed by atoms with E-state index in [1.54, 1.807) is 0 Å². The molecule has 0 unspecified atom stereocenters. The summed E-state index contributed by atoms with van der Waals surface area (Å²) in [5.41, 5.74) is 0. The van der Waals surface area contributed by atoms with Crippen molar-refractivity contribution < 1.29 is 24.0 Å². The molecule has 0 amide bonds. The van der Waals surface area contributed by atoms with E-state index in [0.29, 0.717) is 0 Å². The van der Waals surface area contributed by atoms with Crippen LogP contribution in [0.1, 0.15) is 13.3 Å². The molecule has 0 saturated carbocycles. The van der Waals surface area contributed by atoms with E-state index in [1.807, 2.05) is 6.92 Å². The minimum Gasteiger partial charge on any atom is -0.566 e. The maximum atomic E-state index is 7.75. The molecular formula is C3H7LiO. The Hall–Kier alpha value is 0.557. The Bertz CT molecular complexity index is 8.85. The molecule has 0 saturated heterocycles. The van der Waals surface area contributed by atoms with Crippen molar-refractivity contribution in [3.8, 4) is 0 Å². The second kappa shape index (κ2) is 8.82. The summed E-state index contributed by atoms with van der Waals surface area (Å²) in [4.78, 5) is 0. The van der Waals surface area contributed by atoms with E-state index in [-0.39, 0.29) is 18.9 Å². The monoisotopic (exact) mass is 66.1 g/mol. The van der Waals surface area contributed by atoms with E-state index >= 15 is 0 Å². The molecule has 0 aromatic rings. The minimum atomic E-state index is 0. The molecule has 0 bridgehead atoms. The molecule has 0 aromatic heterocycles. The van der Waals surface area contributed by atoms with Gasteiger partial charge in [0.1, 0.15) is 0 Å². The minimum absolute atomic E-state index is 0. The van der Waals surface area contributed by atoms with E-state index in [2.05, 4.69) is 0 Å². The van der Waals surface area contributed by atoms with Gasteiger partial charge in [-0.1, -0.05) is 6.92 Å². The van der Waals surface area contributed by atoms with Gasteiger partial charge in [0.15, 0.2) is 0 Å². The number of rotatable bonds is 1. The third-order valence-electron chi connectivity index (χ3n) is 0.183. The van der Waals surface area contributed by atoms with Crippen molar-refractivity contribution in [1.29, 1.82) is 0 Å².